The third-order valence-corrected chi connectivity index (χ3v) is 10.1. The van der Waals surface area contributed by atoms with E-state index in [-0.39, 0.29) is 7.20 Å². The Bertz CT molecular complexity index is 138. The van der Waals surface area contributed by atoms with Gasteiger partial charge in [-0.05, 0) is 57.7 Å². The highest BCUT2D eigenvalue weighted by molar-refractivity contribution is 14.2. The Labute approximate surface area is 117 Å². The quantitative estimate of drug-likeness (QED) is 0.299. The maximum atomic E-state index is 2.86. The number of halogens is 1. The molecule has 0 aromatic heterocycles. The van der Waals surface area contributed by atoms with Crippen molar-refractivity contribution >= 4 is 28.4 Å². The average Bonchev–Trinajstić information content (AvgIpc) is 2.27. The molecule has 0 spiro atoms. The summed E-state index contributed by atoms with van der Waals surface area (Å²) >= 11 is 2.86. The predicted molar refractivity (Wildman–Crippen MR) is 90.2 cm³/mol. The van der Waals surface area contributed by atoms with Gasteiger partial charge in [0.15, 0.2) is 0 Å². The van der Waals surface area contributed by atoms with Crippen molar-refractivity contribution in [1.29, 1.82) is 0 Å². The monoisotopic (exact) mass is 358 g/mol. The zero-order valence-electron chi connectivity index (χ0n) is 11.6. The Morgan fingerprint density at radius 3 is 1.38 bits per heavy atom. The van der Waals surface area contributed by atoms with Gasteiger partial charge in [-0.25, -0.2) is 0 Å². The molecule has 2 heteroatoms. The standard InChI is InChI=1S/C14H31IS/c1-4-7-10-13-16(15,12-9-6-3)14-11-8-5-2/h4-14H2,1-3H3. The van der Waals surface area contributed by atoms with E-state index < -0.39 is 0 Å². The largest absolute Gasteiger partial charge is 0.187 e. The lowest BCUT2D eigenvalue weighted by atomic mass is 10.3. The average molecular weight is 358 g/mol. The molecule has 0 atom stereocenters. The van der Waals surface area contributed by atoms with Crippen LogP contribution in [0, 0.1) is 0 Å². The summed E-state index contributed by atoms with van der Waals surface area (Å²) < 4.78 is 0. The van der Waals surface area contributed by atoms with Gasteiger partial charge in [-0.1, -0.05) is 52.9 Å². The molecule has 0 nitrogen and oxygen atoms in total. The fraction of sp³-hybridized carbons (Fsp3) is 1.00. The Balaban J connectivity index is 3.91. The highest BCUT2D eigenvalue weighted by Crippen LogP contribution is 2.58. The van der Waals surface area contributed by atoms with Crippen molar-refractivity contribution in [1.82, 2.24) is 0 Å². The summed E-state index contributed by atoms with van der Waals surface area (Å²) in [5.74, 6) is 4.59. The minimum absolute atomic E-state index is 0.276. The van der Waals surface area contributed by atoms with Crippen LogP contribution in [0.2, 0.25) is 0 Å². The van der Waals surface area contributed by atoms with Gasteiger partial charge in [0, 0.05) is 0 Å². The predicted octanol–water partition coefficient (Wildman–Crippen LogP) is 6.32. The Kier molecular flexibility index (Phi) is 11.9. The molecule has 0 aromatic rings. The molecule has 0 saturated carbocycles. The van der Waals surface area contributed by atoms with E-state index in [0.717, 1.165) is 0 Å². The second-order valence-corrected chi connectivity index (χ2v) is 13.5. The molecule has 16 heavy (non-hydrogen) atoms. The van der Waals surface area contributed by atoms with Gasteiger partial charge in [-0.3, -0.25) is 0 Å². The molecule has 0 bridgehead atoms. The van der Waals surface area contributed by atoms with Crippen LogP contribution in [0.4, 0.5) is 0 Å². The van der Waals surface area contributed by atoms with Crippen molar-refractivity contribution in [3.05, 3.63) is 0 Å². The molecule has 0 N–H and O–H groups in total. The molecule has 0 amide bonds. The minimum atomic E-state index is -0.276. The molecule has 0 rings (SSSR count). The van der Waals surface area contributed by atoms with Crippen molar-refractivity contribution in [3.8, 4) is 0 Å². The van der Waals surface area contributed by atoms with Gasteiger partial charge in [0.1, 0.15) is 0 Å². The SMILES string of the molecule is CCCCCS(I)(CCCC)CCCCC. The molecule has 0 fully saturated rings. The van der Waals surface area contributed by atoms with E-state index in [1.807, 2.05) is 0 Å². The Morgan fingerprint density at radius 1 is 0.625 bits per heavy atom. The van der Waals surface area contributed by atoms with Crippen LogP contribution < -0.4 is 0 Å². The van der Waals surface area contributed by atoms with Crippen molar-refractivity contribution in [2.24, 2.45) is 0 Å². The first-order valence-electron chi connectivity index (χ1n) is 7.14. The molecule has 0 unspecified atom stereocenters. The van der Waals surface area contributed by atoms with Crippen LogP contribution in [-0.2, 0) is 0 Å². The number of unbranched alkanes of at least 4 members (excludes halogenated alkanes) is 5. The summed E-state index contributed by atoms with van der Waals surface area (Å²) in [6.45, 7) is 6.95. The summed E-state index contributed by atoms with van der Waals surface area (Å²) in [4.78, 5) is 0. The number of hydrogen-bond acceptors (Lipinski definition) is 0. The van der Waals surface area contributed by atoms with E-state index in [2.05, 4.69) is 42.0 Å². The van der Waals surface area contributed by atoms with Crippen LogP contribution in [0.25, 0.3) is 0 Å². The van der Waals surface area contributed by atoms with Gasteiger partial charge in [0.25, 0.3) is 0 Å². The summed E-state index contributed by atoms with van der Waals surface area (Å²) in [5.41, 5.74) is 0. The molecule has 0 aliphatic heterocycles. The molecule has 0 aliphatic rings. The number of hydrogen-bond donors (Lipinski definition) is 0. The molecular weight excluding hydrogens is 327 g/mol. The summed E-state index contributed by atoms with van der Waals surface area (Å²) in [5, 5.41) is 0. The third-order valence-electron chi connectivity index (χ3n) is 3.09. The molecular formula is C14H31IS. The maximum Gasteiger partial charge on any atom is -0.0144 e. The van der Waals surface area contributed by atoms with E-state index in [9.17, 15) is 0 Å². The lowest BCUT2D eigenvalue weighted by Gasteiger charge is -2.34. The first-order valence-corrected chi connectivity index (χ1v) is 11.8. The van der Waals surface area contributed by atoms with Gasteiger partial charge in [-0.2, -0.15) is 7.20 Å². The summed E-state index contributed by atoms with van der Waals surface area (Å²) in [6.07, 6.45) is 11.4. The van der Waals surface area contributed by atoms with Crippen LogP contribution in [0.15, 0.2) is 0 Å². The fourth-order valence-corrected chi connectivity index (χ4v) is 7.59. The second-order valence-electron chi connectivity index (χ2n) is 4.82. The first-order chi connectivity index (χ1) is 7.68. The maximum absolute atomic E-state index is 2.86. The molecule has 0 aromatic carbocycles. The van der Waals surface area contributed by atoms with Crippen molar-refractivity contribution in [2.75, 3.05) is 17.3 Å². The van der Waals surface area contributed by atoms with Crippen LogP contribution in [0.1, 0.15) is 72.1 Å². The summed E-state index contributed by atoms with van der Waals surface area (Å²) in [7, 11) is -0.276. The van der Waals surface area contributed by atoms with Crippen LogP contribution in [0.3, 0.4) is 0 Å². The molecule has 0 heterocycles. The highest BCUT2D eigenvalue weighted by Gasteiger charge is 2.18. The highest BCUT2D eigenvalue weighted by atomic mass is 127. The van der Waals surface area contributed by atoms with Crippen LogP contribution in [-0.4, -0.2) is 17.3 Å². The normalized spacial score (nSPS) is 13.0. The molecule has 0 radical (unpaired) electrons. The second kappa shape index (κ2) is 11.2. The molecule has 100 valence electrons. The van der Waals surface area contributed by atoms with Crippen molar-refractivity contribution in [2.45, 2.75) is 72.1 Å². The van der Waals surface area contributed by atoms with Gasteiger partial charge in [-0.15, -0.1) is 0 Å². The zero-order valence-corrected chi connectivity index (χ0v) is 14.5. The minimum Gasteiger partial charge on any atom is -0.187 e. The van der Waals surface area contributed by atoms with Crippen LogP contribution >= 0.6 is 28.4 Å². The fourth-order valence-electron chi connectivity index (χ4n) is 1.93. The van der Waals surface area contributed by atoms with E-state index in [1.54, 1.807) is 0 Å². The van der Waals surface area contributed by atoms with E-state index >= 15 is 0 Å². The Hall–Kier alpha value is 1.08. The smallest absolute Gasteiger partial charge is 0.0144 e. The topological polar surface area (TPSA) is 0 Å². The first kappa shape index (κ1) is 17.1. The zero-order chi connectivity index (χ0) is 12.3. The van der Waals surface area contributed by atoms with Gasteiger partial charge >= 0.3 is 0 Å². The van der Waals surface area contributed by atoms with Gasteiger partial charge < -0.3 is 0 Å². The van der Waals surface area contributed by atoms with Crippen molar-refractivity contribution in [3.63, 3.8) is 0 Å². The van der Waals surface area contributed by atoms with Crippen LogP contribution in [0.5, 0.6) is 0 Å². The summed E-state index contributed by atoms with van der Waals surface area (Å²) in [6, 6.07) is 0. The van der Waals surface area contributed by atoms with E-state index in [1.165, 1.54) is 68.6 Å². The Morgan fingerprint density at radius 2 is 1.00 bits per heavy atom. The van der Waals surface area contributed by atoms with Crippen molar-refractivity contribution < 1.29 is 0 Å². The van der Waals surface area contributed by atoms with E-state index in [4.69, 9.17) is 0 Å². The van der Waals surface area contributed by atoms with Gasteiger partial charge in [0.05, 0.1) is 0 Å². The van der Waals surface area contributed by atoms with Gasteiger partial charge in [0.2, 0.25) is 0 Å². The number of rotatable bonds is 11. The third kappa shape index (κ3) is 9.15. The lowest BCUT2D eigenvalue weighted by molar-refractivity contribution is 0.762. The molecule has 0 aliphatic carbocycles. The lowest BCUT2D eigenvalue weighted by Crippen LogP contribution is -2.07. The molecule has 0 saturated heterocycles. The van der Waals surface area contributed by atoms with E-state index in [0.29, 0.717) is 0 Å².